The van der Waals surface area contributed by atoms with Crippen molar-refractivity contribution in [1.82, 2.24) is 10.9 Å². The molecule has 0 radical (unpaired) electrons. The number of carbonyl (C=O) groups is 3. The molecular formula is C22H26BrN3O6. The molecule has 0 aromatic heterocycles. The zero-order valence-electron chi connectivity index (χ0n) is 18.3. The fraction of sp³-hybridized carbons (Fsp3) is 0.318. The SMILES string of the molecule is COc1cc(C(=O)NNC(=O)CC(C)CC(=O)Nc2cccc(Br)c2)cc(OC)c1OC. The summed E-state index contributed by atoms with van der Waals surface area (Å²) in [6.45, 7) is 1.78. The van der Waals surface area contributed by atoms with Crippen LogP contribution in [-0.2, 0) is 9.59 Å². The standard InChI is InChI=1S/C22H26BrN3O6/c1-13(8-19(27)24-16-7-5-6-15(23)12-16)9-20(28)25-26-22(29)14-10-17(30-2)21(32-4)18(11-14)31-3/h5-7,10-13H,8-9H2,1-4H3,(H,24,27)(H,25,28)(H,26,29). The molecule has 2 rings (SSSR count). The smallest absolute Gasteiger partial charge is 0.269 e. The number of hydrazine groups is 1. The minimum Gasteiger partial charge on any atom is -0.493 e. The molecule has 1 unspecified atom stereocenters. The Kier molecular flexibility index (Phi) is 9.33. The molecule has 32 heavy (non-hydrogen) atoms. The van der Waals surface area contributed by atoms with Gasteiger partial charge in [0, 0.05) is 28.6 Å². The van der Waals surface area contributed by atoms with Gasteiger partial charge in [-0.15, -0.1) is 0 Å². The van der Waals surface area contributed by atoms with Crippen molar-refractivity contribution in [3.63, 3.8) is 0 Å². The number of carbonyl (C=O) groups excluding carboxylic acids is 3. The Balaban J connectivity index is 1.86. The molecule has 0 aliphatic rings. The summed E-state index contributed by atoms with van der Waals surface area (Å²) in [4.78, 5) is 36.8. The number of methoxy groups -OCH3 is 3. The van der Waals surface area contributed by atoms with Crippen molar-refractivity contribution in [2.24, 2.45) is 5.92 Å². The topological polar surface area (TPSA) is 115 Å². The highest BCUT2D eigenvalue weighted by molar-refractivity contribution is 9.10. The largest absolute Gasteiger partial charge is 0.493 e. The third-order valence-electron chi connectivity index (χ3n) is 4.42. The van der Waals surface area contributed by atoms with Crippen molar-refractivity contribution in [2.45, 2.75) is 19.8 Å². The molecule has 3 amide bonds. The van der Waals surface area contributed by atoms with E-state index in [1.165, 1.54) is 33.5 Å². The van der Waals surface area contributed by atoms with E-state index in [-0.39, 0.29) is 30.2 Å². The van der Waals surface area contributed by atoms with E-state index in [2.05, 4.69) is 32.1 Å². The van der Waals surface area contributed by atoms with Crippen LogP contribution in [0.1, 0.15) is 30.1 Å². The van der Waals surface area contributed by atoms with Crippen LogP contribution in [0.15, 0.2) is 40.9 Å². The molecule has 0 bridgehead atoms. The van der Waals surface area contributed by atoms with Gasteiger partial charge in [0.05, 0.1) is 21.3 Å². The second kappa shape index (κ2) is 11.9. The second-order valence-electron chi connectivity index (χ2n) is 6.99. The maximum absolute atomic E-state index is 12.4. The average Bonchev–Trinajstić information content (AvgIpc) is 2.75. The van der Waals surface area contributed by atoms with Gasteiger partial charge in [0.15, 0.2) is 11.5 Å². The maximum Gasteiger partial charge on any atom is 0.269 e. The van der Waals surface area contributed by atoms with Crippen molar-refractivity contribution in [1.29, 1.82) is 0 Å². The molecule has 0 heterocycles. The molecule has 2 aromatic rings. The molecule has 2 aromatic carbocycles. The Morgan fingerprint density at radius 2 is 1.53 bits per heavy atom. The van der Waals surface area contributed by atoms with Gasteiger partial charge < -0.3 is 19.5 Å². The summed E-state index contributed by atoms with van der Waals surface area (Å²) in [5.41, 5.74) is 5.58. The average molecular weight is 508 g/mol. The van der Waals surface area contributed by atoms with Crippen LogP contribution in [0, 0.1) is 5.92 Å². The Bertz CT molecular complexity index is 957. The molecule has 3 N–H and O–H groups in total. The molecule has 10 heteroatoms. The number of halogens is 1. The van der Waals surface area contributed by atoms with Gasteiger partial charge in [-0.25, -0.2) is 0 Å². The first-order valence-corrected chi connectivity index (χ1v) is 10.5. The lowest BCUT2D eigenvalue weighted by atomic mass is 10.0. The van der Waals surface area contributed by atoms with E-state index in [0.29, 0.717) is 22.9 Å². The number of anilines is 1. The molecule has 172 valence electrons. The monoisotopic (exact) mass is 507 g/mol. The third-order valence-corrected chi connectivity index (χ3v) is 4.91. The van der Waals surface area contributed by atoms with E-state index in [4.69, 9.17) is 14.2 Å². The Hall–Kier alpha value is -3.27. The van der Waals surface area contributed by atoms with Gasteiger partial charge >= 0.3 is 0 Å². The van der Waals surface area contributed by atoms with Crippen molar-refractivity contribution >= 4 is 39.3 Å². The molecule has 1 atom stereocenters. The maximum atomic E-state index is 12.4. The zero-order valence-corrected chi connectivity index (χ0v) is 19.9. The quantitative estimate of drug-likeness (QED) is 0.448. The lowest BCUT2D eigenvalue weighted by Crippen LogP contribution is -2.42. The summed E-state index contributed by atoms with van der Waals surface area (Å²) in [6, 6.07) is 10.2. The van der Waals surface area contributed by atoms with Crippen LogP contribution in [0.2, 0.25) is 0 Å². The van der Waals surface area contributed by atoms with E-state index in [9.17, 15) is 14.4 Å². The van der Waals surface area contributed by atoms with Crippen LogP contribution in [-0.4, -0.2) is 39.1 Å². The molecule has 0 fully saturated rings. The number of benzene rings is 2. The Morgan fingerprint density at radius 3 is 2.09 bits per heavy atom. The van der Waals surface area contributed by atoms with Crippen LogP contribution in [0.4, 0.5) is 5.69 Å². The molecular weight excluding hydrogens is 482 g/mol. The summed E-state index contributed by atoms with van der Waals surface area (Å²) in [5.74, 6) is -0.441. The van der Waals surface area contributed by atoms with Crippen molar-refractivity contribution < 1.29 is 28.6 Å². The highest BCUT2D eigenvalue weighted by atomic mass is 79.9. The zero-order chi connectivity index (χ0) is 23.7. The minimum atomic E-state index is -0.558. The third kappa shape index (κ3) is 7.16. The van der Waals surface area contributed by atoms with Gasteiger partial charge in [-0.1, -0.05) is 28.9 Å². The van der Waals surface area contributed by atoms with E-state index in [1.807, 2.05) is 12.1 Å². The Morgan fingerprint density at radius 1 is 0.906 bits per heavy atom. The first kappa shape index (κ1) is 25.0. The molecule has 0 spiro atoms. The summed E-state index contributed by atoms with van der Waals surface area (Å²) in [7, 11) is 4.34. The lowest BCUT2D eigenvalue weighted by molar-refractivity contribution is -0.123. The van der Waals surface area contributed by atoms with Gasteiger partial charge in [-0.05, 0) is 36.2 Å². The van der Waals surface area contributed by atoms with Crippen molar-refractivity contribution in [3.05, 3.63) is 46.4 Å². The lowest BCUT2D eigenvalue weighted by Gasteiger charge is -2.15. The number of hydrogen-bond acceptors (Lipinski definition) is 6. The van der Waals surface area contributed by atoms with E-state index in [0.717, 1.165) is 4.47 Å². The number of nitrogens with one attached hydrogen (secondary N) is 3. The highest BCUT2D eigenvalue weighted by Gasteiger charge is 2.18. The van der Waals surface area contributed by atoms with Crippen molar-refractivity contribution in [2.75, 3.05) is 26.6 Å². The summed E-state index contributed by atoms with van der Waals surface area (Å²) >= 11 is 3.35. The fourth-order valence-corrected chi connectivity index (χ4v) is 3.34. The molecule has 0 aliphatic heterocycles. The Labute approximate surface area is 194 Å². The number of amides is 3. The normalized spacial score (nSPS) is 11.2. The first-order chi connectivity index (χ1) is 15.3. The summed E-state index contributed by atoms with van der Waals surface area (Å²) in [5, 5.41) is 2.79. The summed E-state index contributed by atoms with van der Waals surface area (Å²) in [6.07, 6.45) is 0.211. The summed E-state index contributed by atoms with van der Waals surface area (Å²) < 4.78 is 16.5. The predicted octanol–water partition coefficient (Wildman–Crippen LogP) is 3.29. The van der Waals surface area contributed by atoms with Gasteiger partial charge in [-0.3, -0.25) is 25.2 Å². The van der Waals surface area contributed by atoms with Gasteiger partial charge in [0.2, 0.25) is 17.6 Å². The number of ether oxygens (including phenoxy) is 3. The van der Waals surface area contributed by atoms with Crippen molar-refractivity contribution in [3.8, 4) is 17.2 Å². The van der Waals surface area contributed by atoms with E-state index >= 15 is 0 Å². The fourth-order valence-electron chi connectivity index (χ4n) is 2.95. The van der Waals surface area contributed by atoms with Crippen LogP contribution in [0.5, 0.6) is 17.2 Å². The van der Waals surface area contributed by atoms with Crippen LogP contribution in [0.3, 0.4) is 0 Å². The molecule has 0 aliphatic carbocycles. The number of rotatable bonds is 9. The van der Waals surface area contributed by atoms with Gasteiger partial charge in [-0.2, -0.15) is 0 Å². The minimum absolute atomic E-state index is 0.0570. The predicted molar refractivity (Wildman–Crippen MR) is 123 cm³/mol. The highest BCUT2D eigenvalue weighted by Crippen LogP contribution is 2.38. The van der Waals surface area contributed by atoms with Crippen LogP contribution < -0.4 is 30.4 Å². The first-order valence-electron chi connectivity index (χ1n) is 9.72. The van der Waals surface area contributed by atoms with Crippen LogP contribution >= 0.6 is 15.9 Å². The van der Waals surface area contributed by atoms with Gasteiger partial charge in [0.1, 0.15) is 0 Å². The van der Waals surface area contributed by atoms with E-state index in [1.54, 1.807) is 19.1 Å². The molecule has 0 saturated heterocycles. The number of hydrogen-bond donors (Lipinski definition) is 3. The van der Waals surface area contributed by atoms with Gasteiger partial charge in [0.25, 0.3) is 5.91 Å². The van der Waals surface area contributed by atoms with E-state index < -0.39 is 11.8 Å². The van der Waals surface area contributed by atoms with Crippen LogP contribution in [0.25, 0.3) is 0 Å². The second-order valence-corrected chi connectivity index (χ2v) is 7.90. The molecule has 0 saturated carbocycles. The molecule has 9 nitrogen and oxygen atoms in total.